The third-order valence-electron chi connectivity index (χ3n) is 6.22. The second-order valence-corrected chi connectivity index (χ2v) is 9.64. The van der Waals surface area contributed by atoms with Gasteiger partial charge in [-0.05, 0) is 50.2 Å². The van der Waals surface area contributed by atoms with E-state index in [9.17, 15) is 19.2 Å². The van der Waals surface area contributed by atoms with E-state index in [4.69, 9.17) is 9.47 Å². The molecule has 0 saturated heterocycles. The topological polar surface area (TPSA) is 109 Å². The van der Waals surface area contributed by atoms with E-state index in [-0.39, 0.29) is 34.8 Å². The molecular formula is C29H27N3O6S. The van der Waals surface area contributed by atoms with Crippen LogP contribution in [0.4, 0.5) is 0 Å². The summed E-state index contributed by atoms with van der Waals surface area (Å²) in [5, 5.41) is 0.924. The lowest BCUT2D eigenvalue weighted by Gasteiger charge is -2.13. The van der Waals surface area contributed by atoms with Crippen LogP contribution in [0.2, 0.25) is 0 Å². The van der Waals surface area contributed by atoms with Crippen LogP contribution < -0.4 is 5.56 Å². The number of allylic oxidation sites excluding steroid dienone is 1. The first-order valence-electron chi connectivity index (χ1n) is 12.0. The number of rotatable bonds is 9. The molecule has 2 heterocycles. The summed E-state index contributed by atoms with van der Waals surface area (Å²) in [6.45, 7) is 7.61. The molecule has 0 N–H and O–H groups in total. The maximum atomic E-state index is 13.4. The number of hydrogen-bond donors (Lipinski definition) is 0. The highest BCUT2D eigenvalue weighted by Crippen LogP contribution is 2.26. The molecule has 39 heavy (non-hydrogen) atoms. The minimum Gasteiger partial charge on any atom is -0.465 e. The number of carbonyl (C=O) groups excluding carboxylic acids is 3. The standard InChI is InChI=1S/C29H27N3O6S/c1-6-11-31-26(34)22-9-7-8-10-24(22)30-29(31)39-16-25(33)23-12-17(2)32(18(23)3)21-14-19(27(35)37-4)13-20(15-21)28(36)38-5/h6-10,12-15H,1,11,16H2,2-5H3. The SMILES string of the molecule is C=CCn1c(SCC(=O)c2cc(C)n(-c3cc(C(=O)OC)cc(C(=O)OC)c3)c2C)nc2ccccc2c1=O. The molecule has 10 heteroatoms. The number of ether oxygens (including phenoxy) is 2. The lowest BCUT2D eigenvalue weighted by atomic mass is 10.1. The van der Waals surface area contributed by atoms with Gasteiger partial charge in [-0.15, -0.1) is 6.58 Å². The molecule has 0 bridgehead atoms. The molecule has 0 spiro atoms. The Morgan fingerprint density at radius 1 is 1.00 bits per heavy atom. The molecule has 0 aliphatic carbocycles. The monoisotopic (exact) mass is 545 g/mol. The molecule has 0 saturated carbocycles. The van der Waals surface area contributed by atoms with Crippen LogP contribution in [0.5, 0.6) is 0 Å². The lowest BCUT2D eigenvalue weighted by molar-refractivity contribution is 0.0598. The molecule has 2 aromatic heterocycles. The molecule has 0 atom stereocenters. The summed E-state index contributed by atoms with van der Waals surface area (Å²) >= 11 is 1.18. The van der Waals surface area contributed by atoms with Crippen molar-refractivity contribution in [2.24, 2.45) is 0 Å². The second kappa shape index (κ2) is 11.5. The number of esters is 2. The van der Waals surface area contributed by atoms with Crippen LogP contribution in [0.1, 0.15) is 42.5 Å². The molecule has 200 valence electrons. The van der Waals surface area contributed by atoms with Gasteiger partial charge in [0.1, 0.15) is 0 Å². The van der Waals surface area contributed by atoms with Gasteiger partial charge in [0.25, 0.3) is 5.56 Å². The number of methoxy groups -OCH3 is 2. The minimum absolute atomic E-state index is 0.0435. The zero-order valence-corrected chi connectivity index (χ0v) is 22.8. The summed E-state index contributed by atoms with van der Waals surface area (Å²) in [7, 11) is 2.51. The number of aromatic nitrogens is 3. The number of carbonyl (C=O) groups is 3. The van der Waals surface area contributed by atoms with E-state index in [1.54, 1.807) is 54.0 Å². The van der Waals surface area contributed by atoms with E-state index >= 15 is 0 Å². The van der Waals surface area contributed by atoms with Crippen molar-refractivity contribution in [2.45, 2.75) is 25.5 Å². The predicted molar refractivity (Wildman–Crippen MR) is 149 cm³/mol. The number of hydrogen-bond acceptors (Lipinski definition) is 8. The highest BCUT2D eigenvalue weighted by molar-refractivity contribution is 7.99. The van der Waals surface area contributed by atoms with Crippen LogP contribution in [0, 0.1) is 13.8 Å². The molecule has 0 unspecified atom stereocenters. The fourth-order valence-corrected chi connectivity index (χ4v) is 5.30. The van der Waals surface area contributed by atoms with Crippen molar-refractivity contribution in [3.63, 3.8) is 0 Å². The van der Waals surface area contributed by atoms with Crippen LogP contribution in [-0.2, 0) is 16.0 Å². The van der Waals surface area contributed by atoms with E-state index in [1.807, 2.05) is 13.0 Å². The number of fused-ring (bicyclic) bond motifs is 1. The molecule has 4 rings (SSSR count). The average molecular weight is 546 g/mol. The Kier molecular flexibility index (Phi) is 8.15. The minimum atomic E-state index is -0.606. The van der Waals surface area contributed by atoms with Crippen molar-refractivity contribution in [2.75, 3.05) is 20.0 Å². The lowest BCUT2D eigenvalue weighted by Crippen LogP contribution is -2.23. The van der Waals surface area contributed by atoms with Crippen molar-refractivity contribution in [1.82, 2.24) is 14.1 Å². The molecule has 0 aliphatic rings. The Balaban J connectivity index is 1.69. The molecule has 0 amide bonds. The van der Waals surface area contributed by atoms with Gasteiger partial charge in [0.05, 0.1) is 42.0 Å². The van der Waals surface area contributed by atoms with Crippen molar-refractivity contribution < 1.29 is 23.9 Å². The number of ketones is 1. The Labute approximate surface area is 229 Å². The van der Waals surface area contributed by atoms with Crippen molar-refractivity contribution >= 4 is 40.4 Å². The van der Waals surface area contributed by atoms with Crippen molar-refractivity contribution in [3.05, 3.63) is 99.6 Å². The largest absolute Gasteiger partial charge is 0.465 e. The van der Waals surface area contributed by atoms with Crippen LogP contribution in [-0.4, -0.2) is 51.8 Å². The molecule has 0 radical (unpaired) electrons. The summed E-state index contributed by atoms with van der Waals surface area (Å²) in [5.41, 5.74) is 3.06. The number of thioether (sulfide) groups is 1. The van der Waals surface area contributed by atoms with Gasteiger partial charge in [-0.1, -0.05) is 30.0 Å². The maximum absolute atomic E-state index is 13.4. The van der Waals surface area contributed by atoms with Crippen LogP contribution in [0.25, 0.3) is 16.6 Å². The van der Waals surface area contributed by atoms with Gasteiger partial charge in [0, 0.05) is 29.2 Å². The Bertz CT molecular complexity index is 1650. The van der Waals surface area contributed by atoms with Gasteiger partial charge in [-0.3, -0.25) is 14.2 Å². The van der Waals surface area contributed by atoms with E-state index in [2.05, 4.69) is 11.6 Å². The van der Waals surface area contributed by atoms with E-state index in [0.717, 1.165) is 5.69 Å². The summed E-state index contributed by atoms with van der Waals surface area (Å²) in [5.74, 6) is -1.33. The van der Waals surface area contributed by atoms with Gasteiger partial charge in [0.15, 0.2) is 10.9 Å². The van der Waals surface area contributed by atoms with Gasteiger partial charge in [-0.25, -0.2) is 14.6 Å². The van der Waals surface area contributed by atoms with Gasteiger partial charge in [0.2, 0.25) is 0 Å². The Morgan fingerprint density at radius 3 is 2.26 bits per heavy atom. The first-order chi connectivity index (χ1) is 18.7. The maximum Gasteiger partial charge on any atom is 0.337 e. The normalized spacial score (nSPS) is 10.9. The first-order valence-corrected chi connectivity index (χ1v) is 13.0. The smallest absolute Gasteiger partial charge is 0.337 e. The van der Waals surface area contributed by atoms with Crippen molar-refractivity contribution in [3.8, 4) is 5.69 Å². The Hall–Kier alpha value is -4.44. The first kappa shape index (κ1) is 27.6. The van der Waals surface area contributed by atoms with Gasteiger partial charge < -0.3 is 14.0 Å². The third kappa shape index (κ3) is 5.42. The molecule has 0 aliphatic heterocycles. The summed E-state index contributed by atoms with van der Waals surface area (Å²) in [4.78, 5) is 55.5. The predicted octanol–water partition coefficient (Wildman–Crippen LogP) is 4.54. The summed E-state index contributed by atoms with van der Waals surface area (Å²) in [6, 6.07) is 13.4. The van der Waals surface area contributed by atoms with Gasteiger partial charge in [-0.2, -0.15) is 0 Å². The van der Waals surface area contributed by atoms with Crippen LogP contribution in [0.15, 0.2) is 71.1 Å². The number of aryl methyl sites for hydroxylation is 1. The quantitative estimate of drug-likeness (QED) is 0.0992. The van der Waals surface area contributed by atoms with E-state index in [1.165, 1.54) is 36.6 Å². The second-order valence-electron chi connectivity index (χ2n) is 8.70. The molecule has 0 fully saturated rings. The van der Waals surface area contributed by atoms with E-state index < -0.39 is 11.9 Å². The van der Waals surface area contributed by atoms with Crippen molar-refractivity contribution in [1.29, 1.82) is 0 Å². The number of Topliss-reactive ketones (excluding diaryl/α,β-unsaturated/α-hetero) is 1. The highest BCUT2D eigenvalue weighted by Gasteiger charge is 2.21. The number of benzene rings is 2. The third-order valence-corrected chi connectivity index (χ3v) is 7.20. The van der Waals surface area contributed by atoms with E-state index in [0.29, 0.717) is 33.0 Å². The van der Waals surface area contributed by atoms with Gasteiger partial charge >= 0.3 is 11.9 Å². The highest BCUT2D eigenvalue weighted by atomic mass is 32.2. The van der Waals surface area contributed by atoms with Crippen LogP contribution >= 0.6 is 11.8 Å². The van der Waals surface area contributed by atoms with Crippen LogP contribution in [0.3, 0.4) is 0 Å². The number of para-hydroxylation sites is 1. The summed E-state index contributed by atoms with van der Waals surface area (Å²) < 4.78 is 13.0. The molecular weight excluding hydrogens is 518 g/mol. The fraction of sp³-hybridized carbons (Fsp3) is 0.207. The fourth-order valence-electron chi connectivity index (χ4n) is 4.41. The molecule has 9 nitrogen and oxygen atoms in total. The molecule has 2 aromatic carbocycles. The zero-order valence-electron chi connectivity index (χ0n) is 22.0. The Morgan fingerprint density at radius 2 is 1.64 bits per heavy atom. The summed E-state index contributed by atoms with van der Waals surface area (Å²) in [6.07, 6.45) is 1.61. The number of nitrogens with zero attached hydrogens (tertiary/aromatic N) is 3. The average Bonchev–Trinajstić information content (AvgIpc) is 3.25. The zero-order chi connectivity index (χ0) is 28.3. The molecule has 4 aromatic rings.